The molecule has 1 aromatic heterocycles. The lowest BCUT2D eigenvalue weighted by Crippen LogP contribution is -2.25. The van der Waals surface area contributed by atoms with Gasteiger partial charge in [-0.15, -0.1) is 0 Å². The van der Waals surface area contributed by atoms with Crippen LogP contribution in [0.3, 0.4) is 0 Å². The number of halogens is 1. The zero-order valence-electron chi connectivity index (χ0n) is 16.2. The number of rotatable bonds is 5. The van der Waals surface area contributed by atoms with Crippen molar-refractivity contribution < 1.29 is 13.2 Å². The van der Waals surface area contributed by atoms with E-state index in [1.165, 1.54) is 6.07 Å². The molecule has 8 heteroatoms. The molecule has 0 fully saturated rings. The second-order valence-electron chi connectivity index (χ2n) is 7.50. The highest BCUT2D eigenvalue weighted by molar-refractivity contribution is 7.92. The number of anilines is 1. The highest BCUT2D eigenvalue weighted by atomic mass is 35.5. The fourth-order valence-electron chi connectivity index (χ4n) is 2.79. The van der Waals surface area contributed by atoms with Crippen LogP contribution < -0.4 is 9.46 Å². The number of nitrogens with zero attached hydrogens (tertiary/aromatic N) is 2. The van der Waals surface area contributed by atoms with E-state index in [-0.39, 0.29) is 16.5 Å². The van der Waals surface area contributed by atoms with Gasteiger partial charge < -0.3 is 4.74 Å². The Kier molecular flexibility index (Phi) is 5.63. The first-order valence-electron chi connectivity index (χ1n) is 8.38. The predicted octanol–water partition coefficient (Wildman–Crippen LogP) is 4.50. The standard InChI is InChI=1S/C18H26ClN3O3S/c1-11(2)25-16-9-8-14(10-15(16)19)21-26(23,24)17-12(3)20-22(13(17)4)18(5,6)7/h8-11,21H,1-7H3. The lowest BCUT2D eigenvalue weighted by atomic mass is 10.1. The summed E-state index contributed by atoms with van der Waals surface area (Å²) in [4.78, 5) is 0.186. The van der Waals surface area contributed by atoms with Gasteiger partial charge in [-0.3, -0.25) is 9.40 Å². The molecule has 0 aliphatic rings. The molecule has 1 N–H and O–H groups in total. The van der Waals surface area contributed by atoms with Crippen molar-refractivity contribution in [3.63, 3.8) is 0 Å². The molecule has 144 valence electrons. The van der Waals surface area contributed by atoms with E-state index in [0.29, 0.717) is 27.8 Å². The molecule has 0 spiro atoms. The van der Waals surface area contributed by atoms with Crippen molar-refractivity contribution in [2.45, 2.75) is 65.0 Å². The van der Waals surface area contributed by atoms with Crippen LogP contribution >= 0.6 is 11.6 Å². The van der Waals surface area contributed by atoms with Gasteiger partial charge in [-0.25, -0.2) is 8.42 Å². The van der Waals surface area contributed by atoms with Crippen molar-refractivity contribution in [3.05, 3.63) is 34.6 Å². The Bertz CT molecular complexity index is 912. The highest BCUT2D eigenvalue weighted by Gasteiger charge is 2.28. The first kappa shape index (κ1) is 20.6. The normalized spacial score (nSPS) is 12.5. The fourth-order valence-corrected chi connectivity index (χ4v) is 4.46. The molecular formula is C18H26ClN3O3S. The number of aryl methyl sites for hydroxylation is 1. The maximum absolute atomic E-state index is 12.9. The third-order valence-electron chi connectivity index (χ3n) is 3.68. The largest absolute Gasteiger partial charge is 0.489 e. The number of benzene rings is 1. The summed E-state index contributed by atoms with van der Waals surface area (Å²) in [6.07, 6.45) is -0.0245. The van der Waals surface area contributed by atoms with Crippen LogP contribution in [0.2, 0.25) is 5.02 Å². The average Bonchev–Trinajstić information content (AvgIpc) is 2.77. The van der Waals surface area contributed by atoms with Gasteiger partial charge in [-0.05, 0) is 66.7 Å². The monoisotopic (exact) mass is 399 g/mol. The van der Waals surface area contributed by atoms with Gasteiger partial charge in [0.15, 0.2) is 0 Å². The zero-order chi connectivity index (χ0) is 19.9. The van der Waals surface area contributed by atoms with E-state index in [1.807, 2.05) is 34.6 Å². The van der Waals surface area contributed by atoms with Gasteiger partial charge >= 0.3 is 0 Å². The summed E-state index contributed by atoms with van der Waals surface area (Å²) in [7, 11) is -3.80. The fraction of sp³-hybridized carbons (Fsp3) is 0.500. The average molecular weight is 400 g/mol. The molecule has 0 aliphatic heterocycles. The molecule has 6 nitrogen and oxygen atoms in total. The maximum Gasteiger partial charge on any atom is 0.265 e. The summed E-state index contributed by atoms with van der Waals surface area (Å²) in [5.41, 5.74) is 1.10. The third-order valence-corrected chi connectivity index (χ3v) is 5.60. The maximum atomic E-state index is 12.9. The van der Waals surface area contributed by atoms with Crippen LogP contribution in [-0.2, 0) is 15.6 Å². The topological polar surface area (TPSA) is 73.2 Å². The molecular weight excluding hydrogens is 374 g/mol. The molecule has 2 rings (SSSR count). The molecule has 0 aliphatic carbocycles. The van der Waals surface area contributed by atoms with Gasteiger partial charge in [0.2, 0.25) is 0 Å². The van der Waals surface area contributed by atoms with Gasteiger partial charge in [-0.1, -0.05) is 11.6 Å². The summed E-state index contributed by atoms with van der Waals surface area (Å²) in [5, 5.41) is 4.75. The molecule has 1 heterocycles. The minimum Gasteiger partial charge on any atom is -0.489 e. The molecule has 0 saturated heterocycles. The van der Waals surface area contributed by atoms with Gasteiger partial charge in [0.05, 0.1) is 33.7 Å². The minimum absolute atomic E-state index is 0.0245. The molecule has 0 atom stereocenters. The Balaban J connectivity index is 2.39. The molecule has 0 bridgehead atoms. The molecule has 26 heavy (non-hydrogen) atoms. The van der Waals surface area contributed by atoms with Crippen molar-refractivity contribution in [1.82, 2.24) is 9.78 Å². The Hall–Kier alpha value is -1.73. The lowest BCUT2D eigenvalue weighted by Gasteiger charge is -2.21. The SMILES string of the molecule is Cc1nn(C(C)(C)C)c(C)c1S(=O)(=O)Nc1ccc(OC(C)C)c(Cl)c1. The van der Waals surface area contributed by atoms with E-state index in [9.17, 15) is 8.42 Å². The number of aromatic nitrogens is 2. The van der Waals surface area contributed by atoms with Crippen LogP contribution in [0.15, 0.2) is 23.1 Å². The van der Waals surface area contributed by atoms with Crippen molar-refractivity contribution in [2.75, 3.05) is 4.72 Å². The van der Waals surface area contributed by atoms with E-state index >= 15 is 0 Å². The molecule has 0 amide bonds. The van der Waals surface area contributed by atoms with E-state index in [2.05, 4.69) is 9.82 Å². The summed E-state index contributed by atoms with van der Waals surface area (Å²) in [5.74, 6) is 0.512. The smallest absolute Gasteiger partial charge is 0.265 e. The van der Waals surface area contributed by atoms with Crippen LogP contribution in [0.5, 0.6) is 5.75 Å². The first-order chi connectivity index (χ1) is 11.8. The van der Waals surface area contributed by atoms with Crippen LogP contribution in [0.1, 0.15) is 46.0 Å². The minimum atomic E-state index is -3.80. The molecule has 1 aromatic carbocycles. The number of nitrogens with one attached hydrogen (secondary N) is 1. The Morgan fingerprint density at radius 2 is 1.85 bits per heavy atom. The van der Waals surface area contributed by atoms with Gasteiger partial charge in [0, 0.05) is 0 Å². The van der Waals surface area contributed by atoms with E-state index in [4.69, 9.17) is 16.3 Å². The van der Waals surface area contributed by atoms with Crippen molar-refractivity contribution in [2.24, 2.45) is 0 Å². The zero-order valence-corrected chi connectivity index (χ0v) is 17.8. The van der Waals surface area contributed by atoms with Crippen LogP contribution in [0, 0.1) is 13.8 Å². The third kappa shape index (κ3) is 4.32. The van der Waals surface area contributed by atoms with Crippen molar-refractivity contribution >= 4 is 27.3 Å². The Morgan fingerprint density at radius 1 is 1.23 bits per heavy atom. The van der Waals surface area contributed by atoms with E-state index in [0.717, 1.165) is 0 Å². The van der Waals surface area contributed by atoms with Crippen LogP contribution in [0.4, 0.5) is 5.69 Å². The molecule has 0 saturated carbocycles. The first-order valence-corrected chi connectivity index (χ1v) is 10.2. The van der Waals surface area contributed by atoms with Crippen LogP contribution in [-0.4, -0.2) is 24.3 Å². The highest BCUT2D eigenvalue weighted by Crippen LogP contribution is 2.31. The van der Waals surface area contributed by atoms with Gasteiger partial charge in [0.25, 0.3) is 10.0 Å². The molecule has 0 radical (unpaired) electrons. The van der Waals surface area contributed by atoms with E-state index in [1.54, 1.807) is 30.7 Å². The van der Waals surface area contributed by atoms with Crippen molar-refractivity contribution in [1.29, 1.82) is 0 Å². The predicted molar refractivity (Wildman–Crippen MR) is 105 cm³/mol. The molecule has 2 aromatic rings. The summed E-state index contributed by atoms with van der Waals surface area (Å²) < 4.78 is 35.7. The second kappa shape index (κ2) is 7.12. The Labute approximate surface area is 160 Å². The molecule has 0 unspecified atom stereocenters. The van der Waals surface area contributed by atoms with Crippen LogP contribution in [0.25, 0.3) is 0 Å². The van der Waals surface area contributed by atoms with Gasteiger partial charge in [-0.2, -0.15) is 5.10 Å². The summed E-state index contributed by atoms with van der Waals surface area (Å²) >= 11 is 6.20. The quantitative estimate of drug-likeness (QED) is 0.803. The number of ether oxygens (including phenoxy) is 1. The Morgan fingerprint density at radius 3 is 2.31 bits per heavy atom. The number of hydrogen-bond acceptors (Lipinski definition) is 4. The summed E-state index contributed by atoms with van der Waals surface area (Å²) in [6.45, 7) is 13.2. The van der Waals surface area contributed by atoms with Crippen molar-refractivity contribution in [3.8, 4) is 5.75 Å². The summed E-state index contributed by atoms with van der Waals surface area (Å²) in [6, 6.07) is 4.81. The number of hydrogen-bond donors (Lipinski definition) is 1. The van der Waals surface area contributed by atoms with E-state index < -0.39 is 10.0 Å². The second-order valence-corrected chi connectivity index (χ2v) is 9.53. The number of sulfonamides is 1. The lowest BCUT2D eigenvalue weighted by molar-refractivity contribution is 0.242. The van der Waals surface area contributed by atoms with Gasteiger partial charge in [0.1, 0.15) is 10.6 Å².